The van der Waals surface area contributed by atoms with Crippen LogP contribution in [0.1, 0.15) is 23.7 Å². The molecule has 0 bridgehead atoms. The van der Waals surface area contributed by atoms with E-state index in [2.05, 4.69) is 10.5 Å². The Hall–Kier alpha value is -3.06. The minimum absolute atomic E-state index is 0.146. The van der Waals surface area contributed by atoms with E-state index in [0.29, 0.717) is 40.3 Å². The average Bonchev–Trinajstić information content (AvgIpc) is 3.35. The summed E-state index contributed by atoms with van der Waals surface area (Å²) in [5, 5.41) is 16.5. The van der Waals surface area contributed by atoms with Crippen LogP contribution < -0.4 is 10.1 Å². The first-order valence-electron chi connectivity index (χ1n) is 8.27. The second-order valence-electron chi connectivity index (χ2n) is 5.75. The van der Waals surface area contributed by atoms with Crippen LogP contribution in [0, 0.1) is 0 Å². The number of amides is 1. The summed E-state index contributed by atoms with van der Waals surface area (Å²) in [5.74, 6) is 0.637. The molecule has 1 amide bonds. The van der Waals surface area contributed by atoms with E-state index < -0.39 is 6.10 Å². The molecule has 136 valence electrons. The van der Waals surface area contributed by atoms with E-state index in [0.717, 1.165) is 0 Å². The highest BCUT2D eigenvalue weighted by molar-refractivity contribution is 6.04. The Morgan fingerprint density at radius 3 is 2.65 bits per heavy atom. The van der Waals surface area contributed by atoms with Crippen LogP contribution in [0.4, 0.5) is 0 Å². The molecule has 0 saturated heterocycles. The van der Waals surface area contributed by atoms with Crippen molar-refractivity contribution in [3.8, 4) is 28.3 Å². The molecule has 1 aromatic carbocycles. The number of hydrogen-bond acceptors (Lipinski definition) is 6. The normalized spacial score (nSPS) is 12.0. The van der Waals surface area contributed by atoms with Crippen LogP contribution in [0.5, 0.6) is 5.75 Å². The van der Waals surface area contributed by atoms with Crippen LogP contribution >= 0.6 is 0 Å². The van der Waals surface area contributed by atoms with Crippen LogP contribution in [-0.2, 0) is 0 Å². The summed E-state index contributed by atoms with van der Waals surface area (Å²) in [6.45, 7) is 1.99. The highest BCUT2D eigenvalue weighted by Crippen LogP contribution is 2.33. The van der Waals surface area contributed by atoms with Gasteiger partial charge in [-0.3, -0.25) is 4.79 Å². The number of carbonyl (C=O) groups is 1. The van der Waals surface area contributed by atoms with Crippen molar-refractivity contribution in [2.45, 2.75) is 19.4 Å². The van der Waals surface area contributed by atoms with Crippen molar-refractivity contribution < 1.29 is 23.6 Å². The molecule has 0 aliphatic carbocycles. The third kappa shape index (κ3) is 3.62. The van der Waals surface area contributed by atoms with Gasteiger partial charge in [-0.2, -0.15) is 0 Å². The molecule has 3 rings (SSSR count). The van der Waals surface area contributed by atoms with E-state index in [4.69, 9.17) is 13.7 Å². The number of aromatic nitrogens is 1. The molecule has 2 N–H and O–H groups in total. The molecule has 0 spiro atoms. The van der Waals surface area contributed by atoms with Gasteiger partial charge in [0, 0.05) is 12.1 Å². The summed E-state index contributed by atoms with van der Waals surface area (Å²) < 4.78 is 15.7. The Morgan fingerprint density at radius 2 is 2.04 bits per heavy atom. The topological polar surface area (TPSA) is 97.7 Å². The summed E-state index contributed by atoms with van der Waals surface area (Å²) in [6, 6.07) is 8.85. The number of carbonyl (C=O) groups excluding carboxylic acids is 1. The van der Waals surface area contributed by atoms with Crippen LogP contribution in [0.25, 0.3) is 22.6 Å². The summed E-state index contributed by atoms with van der Waals surface area (Å²) in [5.41, 5.74) is 2.02. The number of nitrogens with zero attached hydrogens (tertiary/aromatic N) is 1. The Morgan fingerprint density at radius 1 is 1.27 bits per heavy atom. The zero-order valence-corrected chi connectivity index (χ0v) is 14.6. The molecule has 7 heteroatoms. The quantitative estimate of drug-likeness (QED) is 0.675. The molecule has 0 aliphatic rings. The van der Waals surface area contributed by atoms with Crippen LogP contribution in [0.15, 0.2) is 51.8 Å². The summed E-state index contributed by atoms with van der Waals surface area (Å²) in [7, 11) is 1.58. The van der Waals surface area contributed by atoms with Crippen molar-refractivity contribution in [2.75, 3.05) is 13.7 Å². The van der Waals surface area contributed by atoms with E-state index in [1.807, 2.05) is 6.92 Å². The van der Waals surface area contributed by atoms with Gasteiger partial charge in [-0.15, -0.1) is 0 Å². The number of aliphatic hydroxyl groups is 1. The van der Waals surface area contributed by atoms with Crippen LogP contribution in [0.2, 0.25) is 0 Å². The van der Waals surface area contributed by atoms with Crippen LogP contribution in [-0.4, -0.2) is 35.9 Å². The van der Waals surface area contributed by atoms with Gasteiger partial charge < -0.3 is 24.1 Å². The van der Waals surface area contributed by atoms with Crippen molar-refractivity contribution in [2.24, 2.45) is 0 Å². The molecule has 3 aromatic rings. The number of furan rings is 1. The molecule has 26 heavy (non-hydrogen) atoms. The molecule has 1 unspecified atom stereocenters. The van der Waals surface area contributed by atoms with Gasteiger partial charge in [0.15, 0.2) is 5.76 Å². The first kappa shape index (κ1) is 17.8. The molecule has 7 nitrogen and oxygen atoms in total. The summed E-state index contributed by atoms with van der Waals surface area (Å²) in [4.78, 5) is 12.8. The number of hydrogen-bond donors (Lipinski definition) is 2. The number of methoxy groups -OCH3 is 1. The van der Waals surface area contributed by atoms with Gasteiger partial charge in [0.1, 0.15) is 23.3 Å². The maximum Gasteiger partial charge on any atom is 0.257 e. The Kier molecular flexibility index (Phi) is 5.38. The second-order valence-corrected chi connectivity index (χ2v) is 5.75. The maximum atomic E-state index is 12.8. The lowest BCUT2D eigenvalue weighted by atomic mass is 10.0. The molecule has 2 aromatic heterocycles. The predicted molar refractivity (Wildman–Crippen MR) is 94.8 cm³/mol. The highest BCUT2D eigenvalue weighted by Gasteiger charge is 2.26. The lowest BCUT2D eigenvalue weighted by Crippen LogP contribution is -2.32. The van der Waals surface area contributed by atoms with E-state index >= 15 is 0 Å². The van der Waals surface area contributed by atoms with Gasteiger partial charge in [-0.25, -0.2) is 0 Å². The molecule has 2 heterocycles. The fourth-order valence-electron chi connectivity index (χ4n) is 2.48. The zero-order chi connectivity index (χ0) is 18.5. The molecular weight excluding hydrogens is 336 g/mol. The fourth-order valence-corrected chi connectivity index (χ4v) is 2.48. The van der Waals surface area contributed by atoms with Crippen molar-refractivity contribution in [3.63, 3.8) is 0 Å². The first-order chi connectivity index (χ1) is 12.6. The van der Waals surface area contributed by atoms with E-state index in [-0.39, 0.29) is 12.5 Å². The monoisotopic (exact) mass is 356 g/mol. The number of benzene rings is 1. The van der Waals surface area contributed by atoms with Gasteiger partial charge in [0.2, 0.25) is 0 Å². The van der Waals surface area contributed by atoms with Crippen molar-refractivity contribution in [1.82, 2.24) is 10.5 Å². The first-order valence-corrected chi connectivity index (χ1v) is 8.27. The van der Waals surface area contributed by atoms with E-state index in [1.165, 1.54) is 12.5 Å². The van der Waals surface area contributed by atoms with Crippen molar-refractivity contribution in [3.05, 3.63) is 48.4 Å². The maximum absolute atomic E-state index is 12.8. The third-order valence-electron chi connectivity index (χ3n) is 4.04. The summed E-state index contributed by atoms with van der Waals surface area (Å²) in [6.07, 6.45) is 2.91. The van der Waals surface area contributed by atoms with E-state index in [1.54, 1.807) is 37.4 Å². The molecule has 0 fully saturated rings. The fraction of sp³-hybridized carbons (Fsp3) is 0.263. The SMILES string of the molecule is CCC(O)CNC(=O)c1c(-c2ccc(OC)cc2)noc1-c1ccoc1. The van der Waals surface area contributed by atoms with Gasteiger partial charge in [0.25, 0.3) is 5.91 Å². The number of nitrogens with one attached hydrogen (secondary N) is 1. The molecular formula is C19H20N2O5. The minimum Gasteiger partial charge on any atom is -0.497 e. The number of rotatable bonds is 7. The Labute approximate surface area is 150 Å². The minimum atomic E-state index is -0.611. The van der Waals surface area contributed by atoms with Gasteiger partial charge >= 0.3 is 0 Å². The zero-order valence-electron chi connectivity index (χ0n) is 14.6. The lowest BCUT2D eigenvalue weighted by molar-refractivity contribution is 0.0914. The van der Waals surface area contributed by atoms with Crippen LogP contribution in [0.3, 0.4) is 0 Å². The molecule has 0 aliphatic heterocycles. The van der Waals surface area contributed by atoms with Crippen molar-refractivity contribution in [1.29, 1.82) is 0 Å². The lowest BCUT2D eigenvalue weighted by Gasteiger charge is -2.10. The predicted octanol–water partition coefficient (Wildman–Crippen LogP) is 3.11. The van der Waals surface area contributed by atoms with Gasteiger partial charge in [0.05, 0.1) is 25.0 Å². The van der Waals surface area contributed by atoms with Gasteiger partial charge in [-0.1, -0.05) is 12.1 Å². The number of aliphatic hydroxyl groups excluding tert-OH is 1. The second kappa shape index (κ2) is 7.88. The Balaban J connectivity index is 2.00. The standard InChI is InChI=1S/C19H20N2O5/c1-3-14(22)10-20-19(23)16-17(12-4-6-15(24-2)7-5-12)21-26-18(16)13-8-9-25-11-13/h4-9,11,14,22H,3,10H2,1-2H3,(H,20,23). The van der Waals surface area contributed by atoms with E-state index in [9.17, 15) is 9.90 Å². The Bertz CT molecular complexity index is 853. The van der Waals surface area contributed by atoms with Crippen molar-refractivity contribution >= 4 is 5.91 Å². The average molecular weight is 356 g/mol. The molecule has 0 radical (unpaired) electrons. The molecule has 1 atom stereocenters. The third-order valence-corrected chi connectivity index (χ3v) is 4.04. The highest BCUT2D eigenvalue weighted by atomic mass is 16.5. The molecule has 0 saturated carbocycles. The van der Waals surface area contributed by atoms with Gasteiger partial charge in [-0.05, 0) is 36.8 Å². The number of ether oxygens (including phenoxy) is 1. The summed E-state index contributed by atoms with van der Waals surface area (Å²) >= 11 is 0. The smallest absolute Gasteiger partial charge is 0.257 e. The largest absolute Gasteiger partial charge is 0.497 e.